The Balaban J connectivity index is 1.65. The highest BCUT2D eigenvalue weighted by atomic mass is 16.2. The first-order valence-electron chi connectivity index (χ1n) is 9.13. The molecule has 0 unspecified atom stereocenters. The maximum absolute atomic E-state index is 12.7. The molecule has 134 valence electrons. The molecule has 1 aromatic carbocycles. The molecule has 0 radical (unpaired) electrons. The predicted molar refractivity (Wildman–Crippen MR) is 103 cm³/mol. The minimum absolute atomic E-state index is 0.0207. The van der Waals surface area contributed by atoms with Crippen LogP contribution in [0.3, 0.4) is 0 Å². The number of piperidine rings is 1. The van der Waals surface area contributed by atoms with Gasteiger partial charge in [-0.15, -0.1) is 0 Å². The summed E-state index contributed by atoms with van der Waals surface area (Å²) in [5.74, 6) is 0.806. The second-order valence-corrected chi connectivity index (χ2v) is 7.27. The van der Waals surface area contributed by atoms with Crippen LogP contribution in [0.1, 0.15) is 35.7 Å². The Morgan fingerprint density at radius 3 is 2.50 bits per heavy atom. The molecule has 0 spiro atoms. The maximum Gasteiger partial charge on any atom is 0.253 e. The van der Waals surface area contributed by atoms with Crippen molar-refractivity contribution in [1.29, 1.82) is 0 Å². The molecule has 0 atom stereocenters. The fourth-order valence-corrected chi connectivity index (χ4v) is 3.64. The zero-order chi connectivity index (χ0) is 18.3. The van der Waals surface area contributed by atoms with Gasteiger partial charge >= 0.3 is 0 Å². The van der Waals surface area contributed by atoms with Gasteiger partial charge in [-0.2, -0.15) is 0 Å². The highest BCUT2D eigenvalue weighted by Crippen LogP contribution is 2.20. The molecule has 4 rings (SSSR count). The third-order valence-corrected chi connectivity index (χ3v) is 5.36. The summed E-state index contributed by atoms with van der Waals surface area (Å²) < 4.78 is 1.99. The van der Waals surface area contributed by atoms with Crippen molar-refractivity contribution >= 4 is 16.9 Å². The highest BCUT2D eigenvalue weighted by molar-refractivity contribution is 5.94. The maximum atomic E-state index is 12.7. The number of benzene rings is 1. The number of hydrogen-bond donors (Lipinski definition) is 1. The number of carbonyl (C=O) groups is 1. The van der Waals surface area contributed by atoms with Crippen LogP contribution in [0.5, 0.6) is 0 Å². The first-order chi connectivity index (χ1) is 12.5. The molecule has 1 fully saturated rings. The molecule has 1 saturated heterocycles. The summed E-state index contributed by atoms with van der Waals surface area (Å²) in [4.78, 5) is 29.9. The Bertz CT molecular complexity index is 1010. The van der Waals surface area contributed by atoms with E-state index in [2.05, 4.69) is 11.9 Å². The van der Waals surface area contributed by atoms with Crippen molar-refractivity contribution in [2.75, 3.05) is 13.1 Å². The number of aromatic nitrogens is 2. The molecular formula is C21H23N3O2. The van der Waals surface area contributed by atoms with E-state index in [1.165, 1.54) is 0 Å². The number of aromatic amines is 1. The molecule has 5 nitrogen and oxygen atoms in total. The number of amides is 1. The van der Waals surface area contributed by atoms with Crippen molar-refractivity contribution in [1.82, 2.24) is 14.5 Å². The summed E-state index contributed by atoms with van der Waals surface area (Å²) >= 11 is 0. The van der Waals surface area contributed by atoms with Gasteiger partial charge < -0.3 is 14.5 Å². The quantitative estimate of drug-likeness (QED) is 0.770. The molecule has 5 heteroatoms. The molecule has 2 aromatic heterocycles. The largest absolute Gasteiger partial charge is 0.357 e. The van der Waals surface area contributed by atoms with E-state index >= 15 is 0 Å². The van der Waals surface area contributed by atoms with E-state index in [1.54, 1.807) is 6.20 Å². The van der Waals surface area contributed by atoms with Crippen molar-refractivity contribution in [2.45, 2.75) is 26.7 Å². The van der Waals surface area contributed by atoms with E-state index < -0.39 is 0 Å². The molecule has 3 heterocycles. The lowest BCUT2D eigenvalue weighted by Gasteiger charge is -2.30. The zero-order valence-corrected chi connectivity index (χ0v) is 15.2. The molecule has 26 heavy (non-hydrogen) atoms. The van der Waals surface area contributed by atoms with Gasteiger partial charge in [-0.1, -0.05) is 6.92 Å². The number of H-pyrrole nitrogens is 1. The van der Waals surface area contributed by atoms with Crippen molar-refractivity contribution in [3.8, 4) is 5.69 Å². The molecule has 0 aliphatic carbocycles. The second kappa shape index (κ2) is 6.48. The number of nitrogens with one attached hydrogen (secondary N) is 1. The summed E-state index contributed by atoms with van der Waals surface area (Å²) in [5.41, 5.74) is 3.79. The van der Waals surface area contributed by atoms with Crippen LogP contribution in [-0.2, 0) is 0 Å². The number of carbonyl (C=O) groups excluding carboxylic acids is 1. The Hall–Kier alpha value is -2.82. The van der Waals surface area contributed by atoms with Crippen LogP contribution in [0, 0.1) is 12.8 Å². The van der Waals surface area contributed by atoms with Crippen molar-refractivity contribution in [3.05, 3.63) is 64.1 Å². The van der Waals surface area contributed by atoms with Crippen LogP contribution in [0.4, 0.5) is 0 Å². The predicted octanol–water partition coefficient (Wildman–Crippen LogP) is 3.50. The number of hydrogen-bond acceptors (Lipinski definition) is 2. The normalized spacial score (nSPS) is 15.5. The SMILES string of the molecule is Cc1cn(-c2ccc(C(=O)N3CCC(C)CC3)cc2)c2cc[nH]c2c1=O. The van der Waals surface area contributed by atoms with E-state index in [0.29, 0.717) is 22.6 Å². The van der Waals surface area contributed by atoms with Gasteiger partial charge in [0.2, 0.25) is 5.43 Å². The second-order valence-electron chi connectivity index (χ2n) is 7.27. The summed E-state index contributed by atoms with van der Waals surface area (Å²) in [6.45, 7) is 5.73. The standard InChI is InChI=1S/C21H23N3O2/c1-14-8-11-23(12-9-14)21(26)16-3-5-17(6-4-16)24-13-15(2)20(25)19-18(24)7-10-22-19/h3-7,10,13-14,22H,8-9,11-12H2,1-2H3. The van der Waals surface area contributed by atoms with Gasteiger partial charge in [0.1, 0.15) is 5.52 Å². The van der Waals surface area contributed by atoms with Crippen LogP contribution in [-0.4, -0.2) is 33.4 Å². The van der Waals surface area contributed by atoms with Gasteiger partial charge in [0, 0.05) is 42.3 Å². The molecule has 0 bridgehead atoms. The monoisotopic (exact) mass is 349 g/mol. The van der Waals surface area contributed by atoms with Crippen LogP contribution in [0.15, 0.2) is 47.5 Å². The van der Waals surface area contributed by atoms with Gasteiger partial charge in [0.25, 0.3) is 5.91 Å². The lowest BCUT2D eigenvalue weighted by molar-refractivity contribution is 0.0697. The van der Waals surface area contributed by atoms with E-state index in [1.807, 2.05) is 52.9 Å². The summed E-state index contributed by atoms with van der Waals surface area (Å²) in [6, 6.07) is 9.53. The van der Waals surface area contributed by atoms with E-state index in [-0.39, 0.29) is 11.3 Å². The van der Waals surface area contributed by atoms with Gasteiger partial charge in [0.05, 0.1) is 5.52 Å². The first-order valence-corrected chi connectivity index (χ1v) is 9.13. The topological polar surface area (TPSA) is 58.1 Å². The third kappa shape index (κ3) is 2.83. The van der Waals surface area contributed by atoms with Gasteiger partial charge in [-0.05, 0) is 56.0 Å². The highest BCUT2D eigenvalue weighted by Gasteiger charge is 2.21. The Morgan fingerprint density at radius 1 is 1.12 bits per heavy atom. The Kier molecular flexibility index (Phi) is 4.15. The van der Waals surface area contributed by atoms with Gasteiger partial charge in [-0.25, -0.2) is 0 Å². The average Bonchev–Trinajstić information content (AvgIpc) is 3.15. The molecule has 1 aliphatic rings. The summed E-state index contributed by atoms with van der Waals surface area (Å²) in [7, 11) is 0. The number of likely N-dealkylation sites (tertiary alicyclic amines) is 1. The fraction of sp³-hybridized carbons (Fsp3) is 0.333. The van der Waals surface area contributed by atoms with E-state index in [4.69, 9.17) is 0 Å². The van der Waals surface area contributed by atoms with Crippen molar-refractivity contribution < 1.29 is 4.79 Å². The minimum atomic E-state index is 0.0207. The lowest BCUT2D eigenvalue weighted by atomic mass is 9.98. The van der Waals surface area contributed by atoms with Crippen molar-refractivity contribution in [3.63, 3.8) is 0 Å². The molecule has 3 aromatic rings. The molecule has 0 saturated carbocycles. The van der Waals surface area contributed by atoms with Crippen LogP contribution < -0.4 is 5.43 Å². The van der Waals surface area contributed by atoms with Gasteiger partial charge in [0.15, 0.2) is 0 Å². The van der Waals surface area contributed by atoms with Gasteiger partial charge in [-0.3, -0.25) is 9.59 Å². The summed E-state index contributed by atoms with van der Waals surface area (Å²) in [5, 5.41) is 0. The number of pyridine rings is 1. The minimum Gasteiger partial charge on any atom is -0.357 e. The molecule has 1 amide bonds. The smallest absolute Gasteiger partial charge is 0.253 e. The van der Waals surface area contributed by atoms with E-state index in [0.717, 1.165) is 37.1 Å². The number of fused-ring (bicyclic) bond motifs is 1. The average molecular weight is 349 g/mol. The Morgan fingerprint density at radius 2 is 1.81 bits per heavy atom. The number of aryl methyl sites for hydroxylation is 1. The summed E-state index contributed by atoms with van der Waals surface area (Å²) in [6.07, 6.45) is 5.77. The molecule has 1 aliphatic heterocycles. The van der Waals surface area contributed by atoms with E-state index in [9.17, 15) is 9.59 Å². The Labute approximate surface area is 152 Å². The van der Waals surface area contributed by atoms with Crippen molar-refractivity contribution in [2.24, 2.45) is 5.92 Å². The fourth-order valence-electron chi connectivity index (χ4n) is 3.64. The number of rotatable bonds is 2. The van der Waals surface area contributed by atoms with Crippen LogP contribution in [0.25, 0.3) is 16.7 Å². The third-order valence-electron chi connectivity index (χ3n) is 5.36. The van der Waals surface area contributed by atoms with Crippen LogP contribution >= 0.6 is 0 Å². The lowest BCUT2D eigenvalue weighted by Crippen LogP contribution is -2.37. The number of nitrogens with zero attached hydrogens (tertiary/aromatic N) is 2. The molecule has 1 N–H and O–H groups in total. The van der Waals surface area contributed by atoms with Crippen LogP contribution in [0.2, 0.25) is 0 Å². The molecular weight excluding hydrogens is 326 g/mol. The first kappa shape index (κ1) is 16.6. The zero-order valence-electron chi connectivity index (χ0n) is 15.2.